The Morgan fingerprint density at radius 2 is 1.89 bits per heavy atom. The third-order valence-corrected chi connectivity index (χ3v) is 3.62. The van der Waals surface area contributed by atoms with Crippen molar-refractivity contribution in [2.24, 2.45) is 10.9 Å². The van der Waals surface area contributed by atoms with Crippen molar-refractivity contribution in [2.75, 3.05) is 7.11 Å². The number of nitrogens with two attached hydrogens (primary N) is 2. The number of hydrogen-bond acceptors (Lipinski definition) is 4. The number of sulfonamides is 1. The van der Waals surface area contributed by atoms with Crippen LogP contribution in [0.15, 0.2) is 35.2 Å². The molecule has 1 amide bonds. The Morgan fingerprint density at radius 1 is 1.21 bits per heavy atom. The molecule has 2 aromatic carbocycles. The minimum absolute atomic E-state index is 0.0837. The van der Waals surface area contributed by atoms with Crippen molar-refractivity contribution in [3.8, 4) is 5.75 Å². The molecule has 6 nitrogen and oxygen atoms in total. The van der Waals surface area contributed by atoms with E-state index in [1.807, 2.05) is 0 Å². The summed E-state index contributed by atoms with van der Waals surface area (Å²) in [6.07, 6.45) is 0. The number of ether oxygens (including phenoxy) is 1. The smallest absolute Gasteiger partial charge is 0.249 e. The fourth-order valence-corrected chi connectivity index (χ4v) is 2.38. The summed E-state index contributed by atoms with van der Waals surface area (Å²) in [5.41, 5.74) is 5.35. The molecule has 19 heavy (non-hydrogen) atoms. The average molecular weight is 280 g/mol. The highest BCUT2D eigenvalue weighted by Crippen LogP contribution is 2.26. The van der Waals surface area contributed by atoms with E-state index >= 15 is 0 Å². The summed E-state index contributed by atoms with van der Waals surface area (Å²) in [6, 6.07) is 7.45. The van der Waals surface area contributed by atoms with E-state index < -0.39 is 15.9 Å². The topological polar surface area (TPSA) is 112 Å². The van der Waals surface area contributed by atoms with Crippen molar-refractivity contribution in [1.29, 1.82) is 0 Å². The number of primary amides is 1. The number of primary sulfonamides is 1. The average Bonchev–Trinajstić information content (AvgIpc) is 2.35. The van der Waals surface area contributed by atoms with Gasteiger partial charge in [-0.2, -0.15) is 0 Å². The number of carbonyl (C=O) groups excluding carboxylic acids is 1. The summed E-state index contributed by atoms with van der Waals surface area (Å²) in [5, 5.41) is 6.12. The number of hydrogen-bond donors (Lipinski definition) is 2. The third-order valence-electron chi connectivity index (χ3n) is 2.73. The van der Waals surface area contributed by atoms with Crippen LogP contribution in [0.1, 0.15) is 10.4 Å². The molecule has 0 aliphatic heterocycles. The van der Waals surface area contributed by atoms with Gasteiger partial charge in [0.25, 0.3) is 0 Å². The van der Waals surface area contributed by atoms with Gasteiger partial charge in [0.2, 0.25) is 15.9 Å². The van der Waals surface area contributed by atoms with Gasteiger partial charge in [-0.05, 0) is 35.0 Å². The Labute approximate surface area is 110 Å². The predicted octanol–water partition coefficient (Wildman–Crippen LogP) is 0.595. The van der Waals surface area contributed by atoms with E-state index in [9.17, 15) is 13.2 Å². The molecule has 0 spiro atoms. The highest BCUT2D eigenvalue weighted by Gasteiger charge is 2.15. The molecular weight excluding hydrogens is 268 g/mol. The number of benzene rings is 2. The maximum absolute atomic E-state index is 11.4. The molecule has 0 atom stereocenters. The minimum Gasteiger partial charge on any atom is -0.497 e. The summed E-state index contributed by atoms with van der Waals surface area (Å²) < 4.78 is 27.8. The molecular formula is C12H12N2O4S. The van der Waals surface area contributed by atoms with E-state index in [2.05, 4.69) is 0 Å². The third kappa shape index (κ3) is 2.51. The summed E-state index contributed by atoms with van der Waals surface area (Å²) in [7, 11) is -2.42. The maximum Gasteiger partial charge on any atom is 0.249 e. The highest BCUT2D eigenvalue weighted by molar-refractivity contribution is 7.89. The zero-order valence-corrected chi connectivity index (χ0v) is 10.9. The molecule has 2 aromatic rings. The van der Waals surface area contributed by atoms with Gasteiger partial charge in [-0.15, -0.1) is 0 Å². The van der Waals surface area contributed by atoms with Gasteiger partial charge < -0.3 is 10.5 Å². The largest absolute Gasteiger partial charge is 0.497 e. The molecule has 0 saturated heterocycles. The monoisotopic (exact) mass is 280 g/mol. The number of carbonyl (C=O) groups is 1. The van der Waals surface area contributed by atoms with Crippen LogP contribution in [-0.2, 0) is 10.0 Å². The second-order valence-corrected chi connectivity index (χ2v) is 5.53. The summed E-state index contributed by atoms with van der Waals surface area (Å²) >= 11 is 0. The molecule has 0 radical (unpaired) electrons. The van der Waals surface area contributed by atoms with Crippen LogP contribution < -0.4 is 15.6 Å². The first kappa shape index (κ1) is 13.3. The molecule has 0 bridgehead atoms. The predicted molar refractivity (Wildman–Crippen MR) is 70.4 cm³/mol. The number of methoxy groups -OCH3 is 1. The lowest BCUT2D eigenvalue weighted by Crippen LogP contribution is -2.16. The van der Waals surface area contributed by atoms with Gasteiger partial charge in [-0.3, -0.25) is 4.79 Å². The molecule has 0 aliphatic carbocycles. The Hall–Kier alpha value is -2.12. The van der Waals surface area contributed by atoms with E-state index in [1.54, 1.807) is 18.2 Å². The quantitative estimate of drug-likeness (QED) is 0.856. The second kappa shape index (κ2) is 4.52. The first-order valence-corrected chi connectivity index (χ1v) is 6.82. The molecule has 0 heterocycles. The molecule has 0 aromatic heterocycles. The highest BCUT2D eigenvalue weighted by atomic mass is 32.2. The van der Waals surface area contributed by atoms with Crippen LogP contribution in [0, 0.1) is 0 Å². The number of rotatable bonds is 3. The van der Waals surface area contributed by atoms with Crippen LogP contribution in [0.2, 0.25) is 0 Å². The minimum atomic E-state index is -3.91. The molecule has 0 saturated carbocycles. The second-order valence-electron chi connectivity index (χ2n) is 3.97. The number of fused-ring (bicyclic) bond motifs is 1. The van der Waals surface area contributed by atoms with Crippen molar-refractivity contribution < 1.29 is 17.9 Å². The Kier molecular flexibility index (Phi) is 3.17. The van der Waals surface area contributed by atoms with Gasteiger partial charge in [-0.1, -0.05) is 6.07 Å². The zero-order valence-electron chi connectivity index (χ0n) is 10.1. The molecule has 2 rings (SSSR count). The molecule has 7 heteroatoms. The van der Waals surface area contributed by atoms with Crippen LogP contribution in [0.3, 0.4) is 0 Å². The lowest BCUT2D eigenvalue weighted by molar-refractivity contribution is 0.100. The summed E-state index contributed by atoms with van der Waals surface area (Å²) in [4.78, 5) is 11.3. The fourth-order valence-electron chi connectivity index (χ4n) is 1.80. The van der Waals surface area contributed by atoms with Gasteiger partial charge in [0.1, 0.15) is 5.75 Å². The first-order chi connectivity index (χ1) is 8.82. The molecule has 0 fully saturated rings. The van der Waals surface area contributed by atoms with Crippen molar-refractivity contribution in [3.63, 3.8) is 0 Å². The van der Waals surface area contributed by atoms with E-state index in [1.165, 1.54) is 19.2 Å². The van der Waals surface area contributed by atoms with Gasteiger partial charge in [0, 0.05) is 5.56 Å². The zero-order chi connectivity index (χ0) is 14.2. The summed E-state index contributed by atoms with van der Waals surface area (Å²) in [5.74, 6) is -0.192. The van der Waals surface area contributed by atoms with Gasteiger partial charge in [0.05, 0.1) is 12.0 Å². The Balaban J connectivity index is 2.87. The van der Waals surface area contributed by atoms with Crippen LogP contribution in [0.25, 0.3) is 10.8 Å². The normalized spacial score (nSPS) is 11.5. The van der Waals surface area contributed by atoms with Crippen molar-refractivity contribution in [1.82, 2.24) is 0 Å². The van der Waals surface area contributed by atoms with E-state index in [0.29, 0.717) is 16.5 Å². The van der Waals surface area contributed by atoms with Crippen LogP contribution in [0.5, 0.6) is 5.75 Å². The van der Waals surface area contributed by atoms with Gasteiger partial charge >= 0.3 is 0 Å². The lowest BCUT2D eigenvalue weighted by Gasteiger charge is -2.08. The first-order valence-electron chi connectivity index (χ1n) is 5.27. The SMILES string of the molecule is COc1ccc2cc(S(N)(=O)=O)cc(C(N)=O)c2c1. The lowest BCUT2D eigenvalue weighted by atomic mass is 10.0. The standard InChI is InChI=1S/C12H12N2O4S/c1-18-8-3-2-7-4-9(19(14,16)17)6-11(12(13)15)10(7)5-8/h2-6H,1H3,(H2,13,15)(H2,14,16,17). The summed E-state index contributed by atoms with van der Waals surface area (Å²) in [6.45, 7) is 0. The molecule has 0 aliphatic rings. The fraction of sp³-hybridized carbons (Fsp3) is 0.0833. The molecule has 100 valence electrons. The number of amides is 1. The van der Waals surface area contributed by atoms with Gasteiger partial charge in [0.15, 0.2) is 0 Å². The van der Waals surface area contributed by atoms with Crippen molar-refractivity contribution in [3.05, 3.63) is 35.9 Å². The van der Waals surface area contributed by atoms with E-state index in [0.717, 1.165) is 0 Å². The molecule has 4 N–H and O–H groups in total. The van der Waals surface area contributed by atoms with Crippen molar-refractivity contribution >= 4 is 26.7 Å². The van der Waals surface area contributed by atoms with Crippen LogP contribution >= 0.6 is 0 Å². The molecule has 0 unspecified atom stereocenters. The Morgan fingerprint density at radius 3 is 2.42 bits per heavy atom. The maximum atomic E-state index is 11.4. The van der Waals surface area contributed by atoms with Crippen molar-refractivity contribution in [2.45, 2.75) is 4.90 Å². The van der Waals surface area contributed by atoms with Gasteiger partial charge in [-0.25, -0.2) is 13.6 Å². The van der Waals surface area contributed by atoms with Crippen LogP contribution in [0.4, 0.5) is 0 Å². The Bertz CT molecular complexity index is 769. The van der Waals surface area contributed by atoms with Crippen LogP contribution in [-0.4, -0.2) is 21.4 Å². The van der Waals surface area contributed by atoms with E-state index in [-0.39, 0.29) is 10.5 Å². The van der Waals surface area contributed by atoms with E-state index in [4.69, 9.17) is 15.6 Å².